The molecule has 2 atom stereocenters. The van der Waals surface area contributed by atoms with Gasteiger partial charge < -0.3 is 19.7 Å². The summed E-state index contributed by atoms with van der Waals surface area (Å²) in [5.74, 6) is 0.836. The van der Waals surface area contributed by atoms with Gasteiger partial charge in [-0.05, 0) is 58.0 Å². The number of carbonyl (C=O) groups excluding carboxylic acids is 1. The summed E-state index contributed by atoms with van der Waals surface area (Å²) in [7, 11) is 0. The molecule has 2 aliphatic rings. The molecule has 2 saturated heterocycles. The van der Waals surface area contributed by atoms with Gasteiger partial charge in [0, 0.05) is 19.7 Å². The first-order valence-corrected chi connectivity index (χ1v) is 8.88. The highest BCUT2D eigenvalue weighted by atomic mass is 16.5. The van der Waals surface area contributed by atoms with E-state index in [4.69, 9.17) is 9.47 Å². The zero-order chi connectivity index (χ0) is 15.8. The number of piperidine rings is 1. The van der Waals surface area contributed by atoms with Crippen LogP contribution in [0.1, 0.15) is 46.0 Å². The molecule has 22 heavy (non-hydrogen) atoms. The molecule has 0 aliphatic carbocycles. The highest BCUT2D eigenvalue weighted by Crippen LogP contribution is 2.15. The van der Waals surface area contributed by atoms with Crippen molar-refractivity contribution in [3.05, 3.63) is 0 Å². The maximum atomic E-state index is 12.0. The maximum absolute atomic E-state index is 12.0. The molecule has 1 N–H and O–H groups in total. The Hall–Kier alpha value is -0.650. The lowest BCUT2D eigenvalue weighted by Gasteiger charge is -2.30. The van der Waals surface area contributed by atoms with Gasteiger partial charge in [0.05, 0.1) is 12.7 Å². The highest BCUT2D eigenvalue weighted by molar-refractivity contribution is 5.80. The number of carbonyl (C=O) groups is 1. The Morgan fingerprint density at radius 1 is 1.32 bits per heavy atom. The van der Waals surface area contributed by atoms with Crippen molar-refractivity contribution >= 4 is 5.91 Å². The number of likely N-dealkylation sites (tertiary alicyclic amines) is 1. The minimum Gasteiger partial charge on any atom is -0.376 e. The standard InChI is InChI=1S/C17H32N2O3/c1-14-6-9-19(10-7-14)11-8-18-17(20)15(2)22-13-16-5-3-4-12-21-16/h14-16H,3-13H2,1-2H3,(H,18,20)/t15-,16+/m0/s1. The van der Waals surface area contributed by atoms with Crippen molar-refractivity contribution in [3.63, 3.8) is 0 Å². The van der Waals surface area contributed by atoms with Crippen LogP contribution in [0.3, 0.4) is 0 Å². The van der Waals surface area contributed by atoms with Crippen LogP contribution in [-0.4, -0.2) is 62.4 Å². The number of rotatable bonds is 7. The molecule has 0 saturated carbocycles. The summed E-state index contributed by atoms with van der Waals surface area (Å²) < 4.78 is 11.3. The average Bonchev–Trinajstić information content (AvgIpc) is 2.55. The van der Waals surface area contributed by atoms with E-state index in [9.17, 15) is 4.79 Å². The fourth-order valence-electron chi connectivity index (χ4n) is 3.03. The summed E-state index contributed by atoms with van der Waals surface area (Å²) in [5, 5.41) is 2.98. The van der Waals surface area contributed by atoms with Gasteiger partial charge in [0.1, 0.15) is 6.10 Å². The molecule has 2 rings (SSSR count). The van der Waals surface area contributed by atoms with Crippen molar-refractivity contribution < 1.29 is 14.3 Å². The van der Waals surface area contributed by atoms with Gasteiger partial charge in [-0.15, -0.1) is 0 Å². The topological polar surface area (TPSA) is 50.8 Å². The Balaban J connectivity index is 1.54. The van der Waals surface area contributed by atoms with Crippen LogP contribution in [0.2, 0.25) is 0 Å². The molecule has 0 aromatic carbocycles. The Kier molecular flexibility index (Phi) is 7.63. The van der Waals surface area contributed by atoms with E-state index in [0.29, 0.717) is 13.2 Å². The van der Waals surface area contributed by atoms with E-state index in [1.54, 1.807) is 0 Å². The van der Waals surface area contributed by atoms with E-state index in [-0.39, 0.29) is 12.0 Å². The Bertz CT molecular complexity index is 324. The average molecular weight is 312 g/mol. The van der Waals surface area contributed by atoms with Crippen LogP contribution in [0.4, 0.5) is 0 Å². The second-order valence-electron chi connectivity index (χ2n) is 6.78. The molecule has 0 aromatic rings. The first-order valence-electron chi connectivity index (χ1n) is 8.88. The van der Waals surface area contributed by atoms with Gasteiger partial charge in [0.25, 0.3) is 0 Å². The Labute approximate surface area is 134 Å². The molecule has 0 unspecified atom stereocenters. The molecular weight excluding hydrogens is 280 g/mol. The van der Waals surface area contributed by atoms with E-state index in [1.165, 1.54) is 19.3 Å². The predicted octanol–water partition coefficient (Wildman–Crippen LogP) is 1.81. The summed E-state index contributed by atoms with van der Waals surface area (Å²) in [5.41, 5.74) is 0. The monoisotopic (exact) mass is 312 g/mol. The van der Waals surface area contributed by atoms with Crippen LogP contribution in [0.15, 0.2) is 0 Å². The third-order valence-electron chi connectivity index (χ3n) is 4.78. The third-order valence-corrected chi connectivity index (χ3v) is 4.78. The first kappa shape index (κ1) is 17.7. The molecule has 5 nitrogen and oxygen atoms in total. The van der Waals surface area contributed by atoms with E-state index >= 15 is 0 Å². The summed E-state index contributed by atoms with van der Waals surface area (Å²) >= 11 is 0. The SMILES string of the molecule is CC1CCN(CCNC(=O)[C@H](C)OC[C@H]2CCCCO2)CC1. The van der Waals surface area contributed by atoms with Gasteiger partial charge in [-0.3, -0.25) is 4.79 Å². The molecule has 0 spiro atoms. The smallest absolute Gasteiger partial charge is 0.248 e. The van der Waals surface area contributed by atoms with Crippen molar-refractivity contribution in [2.45, 2.75) is 58.2 Å². The Morgan fingerprint density at radius 2 is 2.09 bits per heavy atom. The molecule has 2 heterocycles. The molecule has 2 fully saturated rings. The third kappa shape index (κ3) is 6.23. The van der Waals surface area contributed by atoms with Crippen molar-refractivity contribution in [1.29, 1.82) is 0 Å². The van der Waals surface area contributed by atoms with Crippen LogP contribution in [0.5, 0.6) is 0 Å². The minimum atomic E-state index is -0.396. The quantitative estimate of drug-likeness (QED) is 0.779. The normalized spacial score (nSPS) is 25.8. The zero-order valence-electron chi connectivity index (χ0n) is 14.2. The van der Waals surface area contributed by atoms with E-state index in [1.807, 2.05) is 6.92 Å². The number of amides is 1. The van der Waals surface area contributed by atoms with E-state index in [2.05, 4.69) is 17.1 Å². The van der Waals surface area contributed by atoms with Gasteiger partial charge in [-0.1, -0.05) is 6.92 Å². The lowest BCUT2D eigenvalue weighted by molar-refractivity contribution is -0.135. The maximum Gasteiger partial charge on any atom is 0.248 e. The number of hydrogen-bond acceptors (Lipinski definition) is 4. The van der Waals surface area contributed by atoms with Gasteiger partial charge in [-0.25, -0.2) is 0 Å². The molecule has 0 bridgehead atoms. The fraction of sp³-hybridized carbons (Fsp3) is 0.941. The van der Waals surface area contributed by atoms with Crippen molar-refractivity contribution in [3.8, 4) is 0 Å². The summed E-state index contributed by atoms with van der Waals surface area (Å²) in [6.45, 7) is 9.44. The zero-order valence-corrected chi connectivity index (χ0v) is 14.2. The molecule has 2 aliphatic heterocycles. The van der Waals surface area contributed by atoms with E-state index in [0.717, 1.165) is 45.0 Å². The Morgan fingerprint density at radius 3 is 2.77 bits per heavy atom. The van der Waals surface area contributed by atoms with Gasteiger partial charge in [0.2, 0.25) is 5.91 Å². The largest absolute Gasteiger partial charge is 0.376 e. The van der Waals surface area contributed by atoms with Crippen molar-refractivity contribution in [2.24, 2.45) is 5.92 Å². The fourth-order valence-corrected chi connectivity index (χ4v) is 3.03. The lowest BCUT2D eigenvalue weighted by Crippen LogP contribution is -2.42. The van der Waals surface area contributed by atoms with Crippen LogP contribution in [-0.2, 0) is 14.3 Å². The van der Waals surface area contributed by atoms with Gasteiger partial charge >= 0.3 is 0 Å². The number of nitrogens with one attached hydrogen (secondary N) is 1. The van der Waals surface area contributed by atoms with Crippen LogP contribution in [0, 0.1) is 5.92 Å². The molecule has 1 amide bonds. The highest BCUT2D eigenvalue weighted by Gasteiger charge is 2.19. The van der Waals surface area contributed by atoms with Crippen LogP contribution < -0.4 is 5.32 Å². The number of nitrogens with zero attached hydrogens (tertiary/aromatic N) is 1. The van der Waals surface area contributed by atoms with Gasteiger partial charge in [0.15, 0.2) is 0 Å². The predicted molar refractivity (Wildman–Crippen MR) is 86.9 cm³/mol. The molecular formula is C17H32N2O3. The number of hydrogen-bond donors (Lipinski definition) is 1. The molecule has 0 aromatic heterocycles. The molecule has 5 heteroatoms. The molecule has 0 radical (unpaired) electrons. The van der Waals surface area contributed by atoms with Crippen molar-refractivity contribution in [1.82, 2.24) is 10.2 Å². The summed E-state index contributed by atoms with van der Waals surface area (Å²) in [4.78, 5) is 14.4. The summed E-state index contributed by atoms with van der Waals surface area (Å²) in [6, 6.07) is 0. The van der Waals surface area contributed by atoms with E-state index < -0.39 is 6.10 Å². The second kappa shape index (κ2) is 9.48. The van der Waals surface area contributed by atoms with Crippen molar-refractivity contribution in [2.75, 3.05) is 39.4 Å². The van der Waals surface area contributed by atoms with Gasteiger partial charge in [-0.2, -0.15) is 0 Å². The van der Waals surface area contributed by atoms with Crippen LogP contribution in [0.25, 0.3) is 0 Å². The van der Waals surface area contributed by atoms with Crippen LogP contribution >= 0.6 is 0 Å². The lowest BCUT2D eigenvalue weighted by atomic mass is 9.99. The molecule has 128 valence electrons. The number of ether oxygens (including phenoxy) is 2. The second-order valence-corrected chi connectivity index (χ2v) is 6.78. The summed E-state index contributed by atoms with van der Waals surface area (Å²) in [6.07, 6.45) is 5.70. The minimum absolute atomic E-state index is 0.0128. The first-order chi connectivity index (χ1) is 10.6.